The van der Waals surface area contributed by atoms with Crippen LogP contribution in [-0.4, -0.2) is 23.7 Å². The molecule has 98 valence electrons. The molecule has 0 spiro atoms. The van der Waals surface area contributed by atoms with Gasteiger partial charge in [0.15, 0.2) is 0 Å². The summed E-state index contributed by atoms with van der Waals surface area (Å²) in [4.78, 5) is 13.8. The first-order chi connectivity index (χ1) is 8.41. The van der Waals surface area contributed by atoms with E-state index < -0.39 is 6.10 Å². The maximum absolute atomic E-state index is 12.1. The van der Waals surface area contributed by atoms with Crippen molar-refractivity contribution >= 4 is 11.6 Å². The van der Waals surface area contributed by atoms with Crippen LogP contribution in [0, 0.1) is 0 Å². The second kappa shape index (κ2) is 4.73. The Morgan fingerprint density at radius 1 is 1.28 bits per heavy atom. The highest BCUT2D eigenvalue weighted by molar-refractivity contribution is 5.97. The van der Waals surface area contributed by atoms with E-state index in [1.54, 1.807) is 4.90 Å². The maximum atomic E-state index is 12.1. The Bertz CT molecular complexity index is 448. The van der Waals surface area contributed by atoms with E-state index in [0.717, 1.165) is 17.7 Å². The van der Waals surface area contributed by atoms with Crippen LogP contribution >= 0.6 is 0 Å². The van der Waals surface area contributed by atoms with Crippen molar-refractivity contribution in [3.8, 4) is 0 Å². The van der Waals surface area contributed by atoms with Gasteiger partial charge in [-0.2, -0.15) is 0 Å². The number of piperidine rings is 1. The van der Waals surface area contributed by atoms with Crippen molar-refractivity contribution in [3.05, 3.63) is 29.8 Å². The van der Waals surface area contributed by atoms with Crippen molar-refractivity contribution in [1.29, 1.82) is 0 Å². The molecule has 0 saturated carbocycles. The van der Waals surface area contributed by atoms with Crippen molar-refractivity contribution in [3.63, 3.8) is 0 Å². The SMILES string of the molecule is CC(C)(C)c1ccccc1N1CCCC(O)C1=O. The molecule has 1 atom stereocenters. The average Bonchev–Trinajstić information content (AvgIpc) is 2.32. The fourth-order valence-electron chi connectivity index (χ4n) is 2.44. The van der Waals surface area contributed by atoms with Crippen LogP contribution in [0.25, 0.3) is 0 Å². The van der Waals surface area contributed by atoms with Gasteiger partial charge >= 0.3 is 0 Å². The Morgan fingerprint density at radius 3 is 2.61 bits per heavy atom. The number of rotatable bonds is 1. The third kappa shape index (κ3) is 2.41. The highest BCUT2D eigenvalue weighted by Crippen LogP contribution is 2.33. The lowest BCUT2D eigenvalue weighted by Crippen LogP contribution is -2.45. The van der Waals surface area contributed by atoms with Crippen LogP contribution < -0.4 is 4.90 Å². The van der Waals surface area contributed by atoms with Crippen molar-refractivity contribution in [2.45, 2.75) is 45.1 Å². The molecule has 0 aromatic heterocycles. The molecule has 1 aromatic carbocycles. The van der Waals surface area contributed by atoms with Gasteiger partial charge in [0.05, 0.1) is 0 Å². The number of benzene rings is 1. The summed E-state index contributed by atoms with van der Waals surface area (Å²) in [5.74, 6) is -0.169. The van der Waals surface area contributed by atoms with Crippen LogP contribution in [0.5, 0.6) is 0 Å². The highest BCUT2D eigenvalue weighted by atomic mass is 16.3. The minimum atomic E-state index is -0.841. The largest absolute Gasteiger partial charge is 0.383 e. The molecule has 3 nitrogen and oxygen atoms in total. The van der Waals surface area contributed by atoms with Gasteiger partial charge in [-0.25, -0.2) is 0 Å². The number of anilines is 1. The first kappa shape index (κ1) is 13.1. The molecule has 1 heterocycles. The molecule has 0 radical (unpaired) electrons. The monoisotopic (exact) mass is 247 g/mol. The predicted molar refractivity (Wildman–Crippen MR) is 72.7 cm³/mol. The molecule has 0 bridgehead atoms. The van der Waals surface area contributed by atoms with Crippen molar-refractivity contribution in [1.82, 2.24) is 0 Å². The second-order valence-electron chi connectivity index (χ2n) is 5.92. The molecule has 2 rings (SSSR count). The molecule has 3 heteroatoms. The number of amides is 1. The lowest BCUT2D eigenvalue weighted by molar-refractivity contribution is -0.128. The number of aliphatic hydroxyl groups excluding tert-OH is 1. The molecule has 1 N–H and O–H groups in total. The molecule has 1 fully saturated rings. The van der Waals surface area contributed by atoms with Gasteiger partial charge in [0.2, 0.25) is 0 Å². The van der Waals surface area contributed by atoms with Gasteiger partial charge in [-0.05, 0) is 29.9 Å². The summed E-state index contributed by atoms with van der Waals surface area (Å²) >= 11 is 0. The lowest BCUT2D eigenvalue weighted by atomic mass is 9.85. The van der Waals surface area contributed by atoms with Gasteiger partial charge in [0.1, 0.15) is 6.10 Å². The summed E-state index contributed by atoms with van der Waals surface area (Å²) in [6, 6.07) is 7.97. The van der Waals surface area contributed by atoms with Gasteiger partial charge in [-0.3, -0.25) is 4.79 Å². The number of para-hydroxylation sites is 1. The zero-order chi connectivity index (χ0) is 13.3. The number of hydrogen-bond acceptors (Lipinski definition) is 2. The molecular weight excluding hydrogens is 226 g/mol. The molecule has 1 amide bonds. The van der Waals surface area contributed by atoms with E-state index in [4.69, 9.17) is 0 Å². The van der Waals surface area contributed by atoms with Gasteiger partial charge < -0.3 is 10.0 Å². The summed E-state index contributed by atoms with van der Waals surface area (Å²) in [6.45, 7) is 7.10. The normalized spacial score (nSPS) is 21.2. The zero-order valence-corrected chi connectivity index (χ0v) is 11.3. The Balaban J connectivity index is 2.42. The van der Waals surface area contributed by atoms with E-state index in [-0.39, 0.29) is 11.3 Å². The second-order valence-corrected chi connectivity index (χ2v) is 5.92. The molecular formula is C15H21NO2. The summed E-state index contributed by atoms with van der Waals surface area (Å²) in [6.07, 6.45) is 0.588. The maximum Gasteiger partial charge on any atom is 0.255 e. The minimum Gasteiger partial charge on any atom is -0.383 e. The van der Waals surface area contributed by atoms with Crippen LogP contribution in [-0.2, 0) is 10.2 Å². The van der Waals surface area contributed by atoms with Gasteiger partial charge in [0, 0.05) is 12.2 Å². The fraction of sp³-hybridized carbons (Fsp3) is 0.533. The molecule has 1 aromatic rings. The van der Waals surface area contributed by atoms with Crippen LogP contribution in [0.1, 0.15) is 39.2 Å². The van der Waals surface area contributed by atoms with E-state index in [1.807, 2.05) is 18.2 Å². The summed E-state index contributed by atoms with van der Waals surface area (Å²) in [5.41, 5.74) is 2.07. The van der Waals surface area contributed by atoms with Gasteiger partial charge in [0.25, 0.3) is 5.91 Å². The zero-order valence-electron chi connectivity index (χ0n) is 11.3. The third-order valence-electron chi connectivity index (χ3n) is 3.41. The molecule has 1 saturated heterocycles. The fourth-order valence-corrected chi connectivity index (χ4v) is 2.44. The molecule has 1 aliphatic rings. The quantitative estimate of drug-likeness (QED) is 0.828. The van der Waals surface area contributed by atoms with E-state index >= 15 is 0 Å². The first-order valence-corrected chi connectivity index (χ1v) is 6.50. The predicted octanol–water partition coefficient (Wildman–Crippen LogP) is 2.47. The van der Waals surface area contributed by atoms with Crippen molar-refractivity contribution in [2.24, 2.45) is 0 Å². The number of nitrogens with zero attached hydrogens (tertiary/aromatic N) is 1. The van der Waals surface area contributed by atoms with Crippen LogP contribution in [0.3, 0.4) is 0 Å². The molecule has 1 unspecified atom stereocenters. The summed E-state index contributed by atoms with van der Waals surface area (Å²) in [7, 11) is 0. The van der Waals surface area contributed by atoms with Crippen LogP contribution in [0.4, 0.5) is 5.69 Å². The lowest BCUT2D eigenvalue weighted by Gasteiger charge is -2.34. The smallest absolute Gasteiger partial charge is 0.255 e. The number of hydrogen-bond donors (Lipinski definition) is 1. The summed E-state index contributed by atoms with van der Waals surface area (Å²) < 4.78 is 0. The number of aliphatic hydroxyl groups is 1. The number of carbonyl (C=O) groups excluding carboxylic acids is 1. The minimum absolute atomic E-state index is 0.0146. The molecule has 0 aliphatic carbocycles. The van der Waals surface area contributed by atoms with Gasteiger partial charge in [-0.1, -0.05) is 39.0 Å². The third-order valence-corrected chi connectivity index (χ3v) is 3.41. The highest BCUT2D eigenvalue weighted by Gasteiger charge is 2.30. The van der Waals surface area contributed by atoms with Gasteiger partial charge in [-0.15, -0.1) is 0 Å². The van der Waals surface area contributed by atoms with Crippen LogP contribution in [0.2, 0.25) is 0 Å². The topological polar surface area (TPSA) is 40.5 Å². The van der Waals surface area contributed by atoms with E-state index in [9.17, 15) is 9.90 Å². The first-order valence-electron chi connectivity index (χ1n) is 6.50. The Hall–Kier alpha value is -1.35. The number of carbonyl (C=O) groups is 1. The van der Waals surface area contributed by atoms with Crippen LogP contribution in [0.15, 0.2) is 24.3 Å². The van der Waals surface area contributed by atoms with E-state index in [0.29, 0.717) is 13.0 Å². The van der Waals surface area contributed by atoms with Crippen molar-refractivity contribution in [2.75, 3.05) is 11.4 Å². The van der Waals surface area contributed by atoms with E-state index in [2.05, 4.69) is 26.8 Å². The standard InChI is InChI=1S/C15H21NO2/c1-15(2,3)11-7-4-5-8-12(11)16-10-6-9-13(17)14(16)18/h4-5,7-8,13,17H,6,9-10H2,1-3H3. The Labute approximate surface area is 108 Å². The Kier molecular flexibility index (Phi) is 3.44. The van der Waals surface area contributed by atoms with E-state index in [1.165, 1.54) is 0 Å². The van der Waals surface area contributed by atoms with Crippen molar-refractivity contribution < 1.29 is 9.90 Å². The molecule has 18 heavy (non-hydrogen) atoms. The summed E-state index contributed by atoms with van der Waals surface area (Å²) in [5, 5.41) is 9.71. The average molecular weight is 247 g/mol. The Morgan fingerprint density at radius 2 is 1.94 bits per heavy atom. The molecule has 1 aliphatic heterocycles.